The lowest BCUT2D eigenvalue weighted by Crippen LogP contribution is -2.24. The zero-order valence-corrected chi connectivity index (χ0v) is 6.09. The quantitative estimate of drug-likeness (QED) is 0.476. The molecule has 2 aliphatic rings. The molecule has 1 aliphatic heterocycles. The van der Waals surface area contributed by atoms with E-state index in [-0.39, 0.29) is 0 Å². The fourth-order valence-electron chi connectivity index (χ4n) is 1.65. The van der Waals surface area contributed by atoms with Gasteiger partial charge in [0, 0.05) is 13.1 Å². The van der Waals surface area contributed by atoms with Gasteiger partial charge in [0.2, 0.25) is 0 Å². The second-order valence-electron chi connectivity index (χ2n) is 2.97. The highest BCUT2D eigenvalue weighted by Crippen LogP contribution is 2.25. The molecule has 0 N–H and O–H groups in total. The van der Waals surface area contributed by atoms with Crippen molar-refractivity contribution in [2.45, 2.75) is 12.8 Å². The first-order valence-electron chi connectivity index (χ1n) is 3.96. The molecule has 0 aromatic heterocycles. The largest absolute Gasteiger partial charge is 0.237 e. The fraction of sp³-hybridized carbons (Fsp3) is 0.556. The van der Waals surface area contributed by atoms with Crippen LogP contribution in [0.2, 0.25) is 0 Å². The van der Waals surface area contributed by atoms with Crippen LogP contribution in [0, 0.1) is 5.92 Å². The van der Waals surface area contributed by atoms with Crippen LogP contribution < -0.4 is 5.32 Å². The molecule has 0 amide bonds. The van der Waals surface area contributed by atoms with Crippen molar-refractivity contribution >= 4 is 0 Å². The van der Waals surface area contributed by atoms with Gasteiger partial charge in [-0.05, 0) is 24.3 Å². The summed E-state index contributed by atoms with van der Waals surface area (Å²) in [6, 6.07) is 0. The summed E-state index contributed by atoms with van der Waals surface area (Å²) in [5.74, 6) is 0.763. The maximum Gasteiger partial charge on any atom is 0.0320 e. The van der Waals surface area contributed by atoms with E-state index in [0.29, 0.717) is 0 Å². The number of allylic oxidation sites excluding steroid dienone is 2. The molecule has 53 valence electrons. The van der Waals surface area contributed by atoms with Crippen molar-refractivity contribution in [2.24, 2.45) is 5.92 Å². The normalized spacial score (nSPS) is 31.2. The summed E-state index contributed by atoms with van der Waals surface area (Å²) < 4.78 is 0. The van der Waals surface area contributed by atoms with Crippen molar-refractivity contribution in [3.63, 3.8) is 0 Å². The van der Waals surface area contributed by atoms with Gasteiger partial charge in [0.05, 0.1) is 0 Å². The van der Waals surface area contributed by atoms with Gasteiger partial charge >= 0.3 is 0 Å². The molecule has 0 aromatic rings. The Labute approximate surface area is 61.8 Å². The highest BCUT2D eigenvalue weighted by Gasteiger charge is 2.17. The van der Waals surface area contributed by atoms with Crippen molar-refractivity contribution in [3.05, 3.63) is 23.8 Å². The van der Waals surface area contributed by atoms with Crippen molar-refractivity contribution in [1.29, 1.82) is 0 Å². The van der Waals surface area contributed by atoms with Crippen LogP contribution in [0.3, 0.4) is 0 Å². The summed E-state index contributed by atoms with van der Waals surface area (Å²) in [5, 5.41) is 4.35. The minimum atomic E-state index is 0.763. The summed E-state index contributed by atoms with van der Waals surface area (Å²) in [4.78, 5) is 0. The van der Waals surface area contributed by atoms with Crippen LogP contribution in [-0.2, 0) is 0 Å². The van der Waals surface area contributed by atoms with Gasteiger partial charge in [-0.1, -0.05) is 18.2 Å². The minimum absolute atomic E-state index is 0.763. The fourth-order valence-corrected chi connectivity index (χ4v) is 1.65. The Morgan fingerprint density at radius 3 is 3.40 bits per heavy atom. The second kappa shape index (κ2) is 2.59. The molecule has 0 saturated heterocycles. The minimum Gasteiger partial charge on any atom is -0.237 e. The van der Waals surface area contributed by atoms with E-state index in [4.69, 9.17) is 0 Å². The van der Waals surface area contributed by atoms with Gasteiger partial charge in [-0.2, -0.15) is 0 Å². The molecule has 0 spiro atoms. The van der Waals surface area contributed by atoms with Gasteiger partial charge in [-0.3, -0.25) is 0 Å². The van der Waals surface area contributed by atoms with Crippen molar-refractivity contribution in [3.8, 4) is 0 Å². The lowest BCUT2D eigenvalue weighted by molar-refractivity contribution is 0.492. The molecule has 1 radical (unpaired) electrons. The molecular weight excluding hydrogens is 122 g/mol. The highest BCUT2D eigenvalue weighted by molar-refractivity contribution is 5.27. The van der Waals surface area contributed by atoms with Gasteiger partial charge in [0.1, 0.15) is 0 Å². The van der Waals surface area contributed by atoms with E-state index < -0.39 is 0 Å². The number of nitrogens with zero attached hydrogens (tertiary/aromatic N) is 1. The molecule has 1 unspecified atom stereocenters. The molecule has 0 fully saturated rings. The van der Waals surface area contributed by atoms with Gasteiger partial charge in [-0.25, -0.2) is 5.32 Å². The molecule has 1 nitrogen and oxygen atoms in total. The van der Waals surface area contributed by atoms with Crippen LogP contribution in [-0.4, -0.2) is 13.1 Å². The van der Waals surface area contributed by atoms with Crippen molar-refractivity contribution in [2.75, 3.05) is 13.1 Å². The van der Waals surface area contributed by atoms with Crippen LogP contribution in [0.4, 0.5) is 0 Å². The molecule has 0 saturated carbocycles. The van der Waals surface area contributed by atoms with E-state index in [1.54, 1.807) is 0 Å². The maximum absolute atomic E-state index is 4.35. The van der Waals surface area contributed by atoms with E-state index in [1.165, 1.54) is 18.4 Å². The molecule has 0 aromatic carbocycles. The Hall–Kier alpha value is -0.560. The zero-order valence-electron chi connectivity index (χ0n) is 6.09. The average Bonchev–Trinajstić information content (AvgIpc) is 2.05. The van der Waals surface area contributed by atoms with E-state index >= 15 is 0 Å². The summed E-state index contributed by atoms with van der Waals surface area (Å²) in [6.07, 6.45) is 9.35. The Morgan fingerprint density at radius 1 is 1.50 bits per heavy atom. The molecular formula is C9H12N. The molecule has 1 heterocycles. The predicted molar refractivity (Wildman–Crippen MR) is 41.8 cm³/mol. The smallest absolute Gasteiger partial charge is 0.0320 e. The summed E-state index contributed by atoms with van der Waals surface area (Å²) in [6.45, 7) is 2.01. The second-order valence-corrected chi connectivity index (χ2v) is 2.97. The topological polar surface area (TPSA) is 14.1 Å². The molecule has 1 atom stereocenters. The Bertz CT molecular complexity index is 179. The molecule has 1 aliphatic carbocycles. The van der Waals surface area contributed by atoms with Crippen LogP contribution in [0.5, 0.6) is 0 Å². The number of hydrogen-bond acceptors (Lipinski definition) is 0. The standard InChI is InChI=1S/C9H12N/c1-2-4-9-7-10-6-5-8(9)3-1/h1,3,5,9H,2,4,6-7H2. The average molecular weight is 134 g/mol. The Kier molecular flexibility index (Phi) is 1.60. The number of fused-ring (bicyclic) bond motifs is 1. The van der Waals surface area contributed by atoms with Crippen molar-refractivity contribution < 1.29 is 0 Å². The third-order valence-electron chi connectivity index (χ3n) is 2.27. The van der Waals surface area contributed by atoms with Gasteiger partial charge in [0.15, 0.2) is 0 Å². The molecule has 10 heavy (non-hydrogen) atoms. The van der Waals surface area contributed by atoms with Crippen LogP contribution >= 0.6 is 0 Å². The first kappa shape index (κ1) is 6.17. The maximum atomic E-state index is 4.35. The molecule has 0 bridgehead atoms. The summed E-state index contributed by atoms with van der Waals surface area (Å²) >= 11 is 0. The summed E-state index contributed by atoms with van der Waals surface area (Å²) in [7, 11) is 0. The number of hydrogen-bond donors (Lipinski definition) is 0. The van der Waals surface area contributed by atoms with Gasteiger partial charge in [0.25, 0.3) is 0 Å². The lowest BCUT2D eigenvalue weighted by atomic mass is 9.87. The van der Waals surface area contributed by atoms with E-state index in [1.807, 2.05) is 0 Å². The Balaban J connectivity index is 2.21. The van der Waals surface area contributed by atoms with Gasteiger partial charge in [-0.15, -0.1) is 0 Å². The third-order valence-corrected chi connectivity index (χ3v) is 2.27. The van der Waals surface area contributed by atoms with Crippen LogP contribution in [0.15, 0.2) is 23.8 Å². The zero-order chi connectivity index (χ0) is 6.81. The van der Waals surface area contributed by atoms with Gasteiger partial charge < -0.3 is 0 Å². The van der Waals surface area contributed by atoms with E-state index in [9.17, 15) is 0 Å². The first-order chi connectivity index (χ1) is 4.97. The molecule has 1 heteroatoms. The third kappa shape index (κ3) is 1.01. The van der Waals surface area contributed by atoms with E-state index in [0.717, 1.165) is 19.0 Å². The Morgan fingerprint density at radius 2 is 2.50 bits per heavy atom. The lowest BCUT2D eigenvalue weighted by Gasteiger charge is -2.24. The highest BCUT2D eigenvalue weighted by atomic mass is 14.9. The monoisotopic (exact) mass is 134 g/mol. The summed E-state index contributed by atoms with van der Waals surface area (Å²) in [5.41, 5.74) is 1.53. The number of rotatable bonds is 0. The predicted octanol–water partition coefficient (Wildman–Crippen LogP) is 1.50. The first-order valence-corrected chi connectivity index (χ1v) is 3.96. The van der Waals surface area contributed by atoms with Crippen molar-refractivity contribution in [1.82, 2.24) is 5.32 Å². The SMILES string of the molecule is C1=CC2=CC[N]CC2CC1. The van der Waals surface area contributed by atoms with Crippen LogP contribution in [0.25, 0.3) is 0 Å². The van der Waals surface area contributed by atoms with Crippen LogP contribution in [0.1, 0.15) is 12.8 Å². The molecule has 2 rings (SSSR count). The van der Waals surface area contributed by atoms with E-state index in [2.05, 4.69) is 23.5 Å².